The van der Waals surface area contributed by atoms with E-state index in [0.29, 0.717) is 12.5 Å². The van der Waals surface area contributed by atoms with E-state index in [4.69, 9.17) is 0 Å². The molecule has 0 bridgehead atoms. The van der Waals surface area contributed by atoms with Crippen LogP contribution < -0.4 is 5.32 Å². The third-order valence-corrected chi connectivity index (χ3v) is 2.55. The summed E-state index contributed by atoms with van der Waals surface area (Å²) in [6.07, 6.45) is 2.57. The summed E-state index contributed by atoms with van der Waals surface area (Å²) in [4.78, 5) is 10.4. The van der Waals surface area contributed by atoms with Crippen molar-refractivity contribution < 1.29 is 4.79 Å². The SMILES string of the molecule is Cc1cccc2c1NC(CC=O)C2. The standard InChI is InChI=1S/C11H13NO/c1-8-3-2-4-9-7-10(5-6-13)12-11(8)9/h2-4,6,10,12H,5,7H2,1H3. The zero-order chi connectivity index (χ0) is 9.26. The molecule has 0 fully saturated rings. The molecule has 1 aliphatic rings. The Morgan fingerprint density at radius 2 is 2.46 bits per heavy atom. The molecule has 1 aromatic carbocycles. The first-order valence-electron chi connectivity index (χ1n) is 4.60. The molecule has 1 unspecified atom stereocenters. The first-order chi connectivity index (χ1) is 6.31. The molecule has 0 amide bonds. The minimum atomic E-state index is 0.314. The highest BCUT2D eigenvalue weighted by Crippen LogP contribution is 2.29. The van der Waals surface area contributed by atoms with Crippen LogP contribution in [0.3, 0.4) is 0 Å². The van der Waals surface area contributed by atoms with Gasteiger partial charge in [0.2, 0.25) is 0 Å². The molecule has 0 radical (unpaired) electrons. The van der Waals surface area contributed by atoms with Crippen LogP contribution in [0.4, 0.5) is 5.69 Å². The molecule has 0 spiro atoms. The molecule has 2 nitrogen and oxygen atoms in total. The van der Waals surface area contributed by atoms with Crippen molar-refractivity contribution in [3.8, 4) is 0 Å². The van der Waals surface area contributed by atoms with Crippen molar-refractivity contribution in [2.45, 2.75) is 25.8 Å². The summed E-state index contributed by atoms with van der Waals surface area (Å²) in [5.41, 5.74) is 3.84. The van der Waals surface area contributed by atoms with Crippen LogP contribution in [0.15, 0.2) is 18.2 Å². The van der Waals surface area contributed by atoms with Gasteiger partial charge in [0.25, 0.3) is 0 Å². The third-order valence-electron chi connectivity index (χ3n) is 2.55. The molecule has 68 valence electrons. The largest absolute Gasteiger partial charge is 0.381 e. The normalized spacial score (nSPS) is 19.3. The van der Waals surface area contributed by atoms with Gasteiger partial charge in [0, 0.05) is 18.2 Å². The summed E-state index contributed by atoms with van der Waals surface area (Å²) in [6.45, 7) is 2.09. The second-order valence-corrected chi connectivity index (χ2v) is 3.56. The molecule has 1 aliphatic heterocycles. The molecule has 0 saturated heterocycles. The van der Waals surface area contributed by atoms with Crippen LogP contribution in [0, 0.1) is 6.92 Å². The lowest BCUT2D eigenvalue weighted by molar-refractivity contribution is -0.108. The lowest BCUT2D eigenvalue weighted by atomic mass is 10.1. The van der Waals surface area contributed by atoms with Crippen molar-refractivity contribution in [3.63, 3.8) is 0 Å². The number of aryl methyl sites for hydroxylation is 1. The fourth-order valence-electron chi connectivity index (χ4n) is 1.88. The minimum absolute atomic E-state index is 0.314. The number of nitrogens with one attached hydrogen (secondary N) is 1. The Hall–Kier alpha value is -1.31. The van der Waals surface area contributed by atoms with E-state index in [0.717, 1.165) is 12.7 Å². The number of benzene rings is 1. The smallest absolute Gasteiger partial charge is 0.122 e. The van der Waals surface area contributed by atoms with Gasteiger partial charge in [-0.05, 0) is 24.5 Å². The van der Waals surface area contributed by atoms with Crippen molar-refractivity contribution >= 4 is 12.0 Å². The molecule has 1 aromatic rings. The number of hydrogen-bond donors (Lipinski definition) is 1. The Morgan fingerprint density at radius 1 is 1.62 bits per heavy atom. The van der Waals surface area contributed by atoms with Gasteiger partial charge in [-0.1, -0.05) is 18.2 Å². The molecule has 2 heteroatoms. The molecule has 1 N–H and O–H groups in total. The topological polar surface area (TPSA) is 29.1 Å². The molecule has 0 aliphatic carbocycles. The van der Waals surface area contributed by atoms with E-state index >= 15 is 0 Å². The highest BCUT2D eigenvalue weighted by atomic mass is 16.1. The maximum atomic E-state index is 10.4. The van der Waals surface area contributed by atoms with Crippen molar-refractivity contribution in [1.29, 1.82) is 0 Å². The van der Waals surface area contributed by atoms with Gasteiger partial charge in [-0.25, -0.2) is 0 Å². The van der Waals surface area contributed by atoms with Crippen LogP contribution in [0.25, 0.3) is 0 Å². The van der Waals surface area contributed by atoms with Gasteiger partial charge in [-0.3, -0.25) is 0 Å². The number of aldehydes is 1. The quantitative estimate of drug-likeness (QED) is 0.696. The van der Waals surface area contributed by atoms with Crippen LogP contribution in [0.5, 0.6) is 0 Å². The fourth-order valence-corrected chi connectivity index (χ4v) is 1.88. The Kier molecular flexibility index (Phi) is 2.05. The first-order valence-corrected chi connectivity index (χ1v) is 4.60. The van der Waals surface area contributed by atoms with E-state index in [9.17, 15) is 4.79 Å². The summed E-state index contributed by atoms with van der Waals surface area (Å²) in [7, 11) is 0. The van der Waals surface area contributed by atoms with E-state index in [2.05, 4.69) is 30.4 Å². The highest BCUT2D eigenvalue weighted by molar-refractivity contribution is 5.64. The number of para-hydroxylation sites is 1. The van der Waals surface area contributed by atoms with Crippen LogP contribution in [0.2, 0.25) is 0 Å². The summed E-state index contributed by atoms with van der Waals surface area (Å²) in [5, 5.41) is 3.37. The van der Waals surface area contributed by atoms with Crippen molar-refractivity contribution in [1.82, 2.24) is 0 Å². The molecule has 0 saturated carbocycles. The first kappa shape index (κ1) is 8.30. The van der Waals surface area contributed by atoms with Gasteiger partial charge in [-0.2, -0.15) is 0 Å². The van der Waals surface area contributed by atoms with Crippen LogP contribution in [0.1, 0.15) is 17.5 Å². The van der Waals surface area contributed by atoms with Crippen LogP contribution in [-0.2, 0) is 11.2 Å². The van der Waals surface area contributed by atoms with Crippen molar-refractivity contribution in [3.05, 3.63) is 29.3 Å². The second-order valence-electron chi connectivity index (χ2n) is 3.56. The van der Waals surface area contributed by atoms with Crippen LogP contribution in [-0.4, -0.2) is 12.3 Å². The number of rotatable bonds is 2. The van der Waals surface area contributed by atoms with Gasteiger partial charge in [-0.15, -0.1) is 0 Å². The predicted molar refractivity (Wildman–Crippen MR) is 53.0 cm³/mol. The molecule has 1 heterocycles. The average Bonchev–Trinajstić information content (AvgIpc) is 2.49. The minimum Gasteiger partial charge on any atom is -0.381 e. The number of carbonyl (C=O) groups is 1. The number of hydrogen-bond acceptors (Lipinski definition) is 2. The highest BCUT2D eigenvalue weighted by Gasteiger charge is 2.20. The Labute approximate surface area is 78.0 Å². The van der Waals surface area contributed by atoms with Gasteiger partial charge in [0.15, 0.2) is 0 Å². The molecular formula is C11H13NO. The van der Waals surface area contributed by atoms with E-state index < -0.39 is 0 Å². The van der Waals surface area contributed by atoms with E-state index in [-0.39, 0.29) is 0 Å². The summed E-state index contributed by atoms with van der Waals surface area (Å²) in [5.74, 6) is 0. The average molecular weight is 175 g/mol. The summed E-state index contributed by atoms with van der Waals surface area (Å²) >= 11 is 0. The maximum Gasteiger partial charge on any atom is 0.122 e. The van der Waals surface area contributed by atoms with Crippen molar-refractivity contribution in [2.24, 2.45) is 0 Å². The van der Waals surface area contributed by atoms with Gasteiger partial charge in [0.1, 0.15) is 6.29 Å². The Balaban J connectivity index is 2.24. The van der Waals surface area contributed by atoms with Gasteiger partial charge >= 0.3 is 0 Å². The Morgan fingerprint density at radius 3 is 3.15 bits per heavy atom. The predicted octanol–water partition coefficient (Wildman–Crippen LogP) is 1.92. The van der Waals surface area contributed by atoms with E-state index in [1.54, 1.807) is 0 Å². The maximum absolute atomic E-state index is 10.4. The molecule has 2 rings (SSSR count). The van der Waals surface area contributed by atoms with Gasteiger partial charge < -0.3 is 10.1 Å². The number of carbonyl (C=O) groups excluding carboxylic acids is 1. The molecule has 13 heavy (non-hydrogen) atoms. The monoisotopic (exact) mass is 175 g/mol. The van der Waals surface area contributed by atoms with Crippen LogP contribution >= 0.6 is 0 Å². The number of anilines is 1. The molecule has 1 atom stereocenters. The van der Waals surface area contributed by atoms with Gasteiger partial charge in [0.05, 0.1) is 0 Å². The fraction of sp³-hybridized carbons (Fsp3) is 0.364. The zero-order valence-electron chi connectivity index (χ0n) is 7.71. The van der Waals surface area contributed by atoms with E-state index in [1.165, 1.54) is 16.8 Å². The zero-order valence-corrected chi connectivity index (χ0v) is 7.71. The lowest BCUT2D eigenvalue weighted by Gasteiger charge is -2.07. The second kappa shape index (κ2) is 3.21. The third kappa shape index (κ3) is 1.44. The lowest BCUT2D eigenvalue weighted by Crippen LogP contribution is -2.15. The summed E-state index contributed by atoms with van der Waals surface area (Å²) < 4.78 is 0. The Bertz CT molecular complexity index is 333. The van der Waals surface area contributed by atoms with E-state index in [1.807, 2.05) is 0 Å². The van der Waals surface area contributed by atoms with Crippen molar-refractivity contribution in [2.75, 3.05) is 5.32 Å². The number of fused-ring (bicyclic) bond motifs is 1. The molecular weight excluding hydrogens is 162 g/mol. The summed E-state index contributed by atoms with van der Waals surface area (Å²) in [6, 6.07) is 6.60. The molecule has 0 aromatic heterocycles.